The molecule has 3 N–H and O–H groups in total. The van der Waals surface area contributed by atoms with Crippen molar-refractivity contribution < 1.29 is 131 Å². The Labute approximate surface area is 430 Å². The third kappa shape index (κ3) is 23.1. The Balaban J connectivity index is 0.00000116. The molecule has 26 heteroatoms. The monoisotopic (exact) mass is 1020 g/mol. The van der Waals surface area contributed by atoms with Crippen LogP contribution in [0, 0.1) is 11.8 Å². The van der Waals surface area contributed by atoms with E-state index in [2.05, 4.69) is 34.0 Å². The number of hydrogen-bond donors (Lipinski definition) is 3. The molecule has 0 radical (unpaired) electrons. The molecule has 0 aliphatic rings. The van der Waals surface area contributed by atoms with Gasteiger partial charge >= 0.3 is 79.3 Å². The van der Waals surface area contributed by atoms with Crippen molar-refractivity contribution in [2.75, 3.05) is 13.2 Å². The van der Waals surface area contributed by atoms with E-state index in [0.29, 0.717) is 22.5 Å². The summed E-state index contributed by atoms with van der Waals surface area (Å²) in [5.74, 6) is -1.53. The summed E-state index contributed by atoms with van der Waals surface area (Å²) in [6, 6.07) is 15.6. The number of benzene rings is 2. The zero-order chi connectivity index (χ0) is 48.1. The van der Waals surface area contributed by atoms with E-state index in [1.807, 2.05) is 13.8 Å². The molecule has 20 nitrogen and oxygen atoms in total. The molecule has 0 amide bonds. The molecule has 2 heterocycles. The summed E-state index contributed by atoms with van der Waals surface area (Å²) in [4.78, 5) is 46.5. The maximum Gasteiger partial charge on any atom is 1.00 e. The molecule has 2 aromatic heterocycles. The molecule has 0 saturated heterocycles. The van der Waals surface area contributed by atoms with Gasteiger partial charge in [-0.3, -0.25) is 23.7 Å². The van der Waals surface area contributed by atoms with Crippen molar-refractivity contribution >= 4 is 50.5 Å². The summed E-state index contributed by atoms with van der Waals surface area (Å²) >= 11 is 0. The van der Waals surface area contributed by atoms with Crippen LogP contribution in [-0.4, -0.2) is 99.3 Å². The zero-order valence-corrected chi connectivity index (χ0v) is 45.1. The molecule has 354 valence electrons. The molecule has 0 aliphatic heterocycles. The number of nitrogens with zero attached hydrogens (tertiary/aromatic N) is 4. The molecule has 0 bridgehead atoms. The van der Waals surface area contributed by atoms with Crippen LogP contribution in [0.15, 0.2) is 82.7 Å². The Kier molecular flexibility index (Phi) is 30.3. The summed E-state index contributed by atoms with van der Waals surface area (Å²) in [6.07, 6.45) is 8.15. The largest absolute Gasteiger partial charge is 1.00 e. The van der Waals surface area contributed by atoms with Crippen LogP contribution < -0.4 is 59.1 Å². The fourth-order valence-electron chi connectivity index (χ4n) is 5.70. The van der Waals surface area contributed by atoms with Gasteiger partial charge in [-0.1, -0.05) is 96.6 Å². The molecule has 4 aromatic rings. The smallest absolute Gasteiger partial charge is 0.747 e. The van der Waals surface area contributed by atoms with Crippen molar-refractivity contribution in [3.05, 3.63) is 72.9 Å². The van der Waals surface area contributed by atoms with Gasteiger partial charge in [-0.2, -0.15) is 8.42 Å². The standard InChI is InChI=1S/C20H14N4O6S2.C20H38O7S.2Na.H3O3P/c25-31(26,27)15-8-4-13(5-9-15)18-19(14-6-10-16(11-7-14)32(28,29)30)23-24-20(22-18)17-3-1-2-12-21-17;1-5-9-11-16(7-3)14-26-19(21)13-18(28(23,24)25)20(22)27-15-17(8-4)12-10-6-2;;;1-4(2)3/h1-12H,(H,25,26,27)(H,28,29,30);16-18H,5-15H2,1-4H3,(H,23,24,25);;;4H,(H2,1,2,3)/q;;2*+1;/p-2. The van der Waals surface area contributed by atoms with Crippen molar-refractivity contribution in [2.24, 2.45) is 11.8 Å². The molecule has 0 spiro atoms. The number of rotatable bonds is 21. The molecule has 2 aromatic carbocycles. The number of esters is 2. The van der Waals surface area contributed by atoms with E-state index in [1.165, 1.54) is 36.4 Å². The van der Waals surface area contributed by atoms with E-state index in [1.54, 1.807) is 24.4 Å². The minimum absolute atomic E-state index is 0. The van der Waals surface area contributed by atoms with Crippen molar-refractivity contribution in [1.29, 1.82) is 0 Å². The Morgan fingerprint density at radius 2 is 1.20 bits per heavy atom. The van der Waals surface area contributed by atoms with Gasteiger partial charge in [0.25, 0.3) is 10.1 Å². The predicted octanol–water partition coefficient (Wildman–Crippen LogP) is -0.403. The first-order chi connectivity index (χ1) is 30.0. The molecule has 0 fully saturated rings. The van der Waals surface area contributed by atoms with Gasteiger partial charge in [0.05, 0.1) is 29.4 Å². The minimum Gasteiger partial charge on any atom is -0.747 e. The number of unbranched alkanes of at least 4 members (excludes halogenated alkanes) is 2. The maximum atomic E-state index is 12.1. The van der Waals surface area contributed by atoms with E-state index in [0.717, 1.165) is 63.5 Å². The van der Waals surface area contributed by atoms with Crippen LogP contribution >= 0.6 is 8.25 Å². The first kappa shape index (κ1) is 63.4. The van der Waals surface area contributed by atoms with Gasteiger partial charge in [0.15, 0.2) is 5.25 Å². The third-order valence-electron chi connectivity index (χ3n) is 9.41. The number of hydrogen-bond acceptors (Lipinski definition) is 17. The molecule has 0 saturated carbocycles. The quantitative estimate of drug-likeness (QED) is 0.0414. The number of carbonyl (C=O) groups is 2. The normalized spacial score (nSPS) is 12.6. The van der Waals surface area contributed by atoms with Crippen LogP contribution in [0.25, 0.3) is 34.0 Å². The second-order valence-corrected chi connectivity index (χ2v) is 19.1. The summed E-state index contributed by atoms with van der Waals surface area (Å²) in [5.41, 5.74) is 1.91. The fraction of sp³-hybridized carbons (Fsp3) is 0.450. The third-order valence-corrected chi connectivity index (χ3v) is 12.2. The van der Waals surface area contributed by atoms with Gasteiger partial charge in [0.2, 0.25) is 5.82 Å². The van der Waals surface area contributed by atoms with Gasteiger partial charge in [0, 0.05) is 17.3 Å². The van der Waals surface area contributed by atoms with Crippen molar-refractivity contribution in [3.63, 3.8) is 0 Å². The van der Waals surface area contributed by atoms with E-state index >= 15 is 0 Å². The van der Waals surface area contributed by atoms with Gasteiger partial charge in [-0.05, 0) is 61.1 Å². The van der Waals surface area contributed by atoms with Crippen LogP contribution in [-0.2, 0) is 54.0 Å². The summed E-state index contributed by atoms with van der Waals surface area (Å²) in [5, 5.41) is 6.26. The first-order valence-corrected chi connectivity index (χ1v) is 25.7. The predicted molar refractivity (Wildman–Crippen MR) is 232 cm³/mol. The summed E-state index contributed by atoms with van der Waals surface area (Å²) in [6.45, 7) is 8.26. The van der Waals surface area contributed by atoms with Crippen molar-refractivity contribution in [1.82, 2.24) is 20.2 Å². The average Bonchev–Trinajstić information content (AvgIpc) is 3.25. The maximum absolute atomic E-state index is 12.1. The SMILES string of the molecule is CCCCC(CC)COC(=O)CC(C(=O)OCC(CC)CCCC)S(=O)(=O)[O-].O=S(=O)([O-])c1ccc(-c2nnc(-c3ccccn3)nc2-c2ccc(S(=O)(=O)O)cc2)cc1.O=[PH](O)O.[Na+].[Na+]. The number of aromatic nitrogens is 4. The Morgan fingerprint density at radius 3 is 1.62 bits per heavy atom. The van der Waals surface area contributed by atoms with Crippen molar-refractivity contribution in [3.8, 4) is 34.0 Å². The summed E-state index contributed by atoms with van der Waals surface area (Å²) in [7, 11) is -17.1. The average molecular weight is 1020 g/mol. The van der Waals surface area contributed by atoms with Gasteiger partial charge in [0.1, 0.15) is 37.3 Å². The van der Waals surface area contributed by atoms with E-state index in [9.17, 15) is 48.5 Å². The molecule has 4 rings (SSSR count). The first-order valence-electron chi connectivity index (χ1n) is 20.0. The van der Waals surface area contributed by atoms with Crippen LogP contribution in [0.3, 0.4) is 0 Å². The van der Waals surface area contributed by atoms with E-state index < -0.39 is 67.1 Å². The second kappa shape index (κ2) is 31.5. The molecular formula is C40H53N4Na2O16PS3. The Morgan fingerprint density at radius 1 is 0.712 bits per heavy atom. The van der Waals surface area contributed by atoms with Gasteiger partial charge in [-0.15, -0.1) is 10.2 Å². The van der Waals surface area contributed by atoms with Crippen LogP contribution in [0.5, 0.6) is 0 Å². The second-order valence-electron chi connectivity index (χ2n) is 14.1. The minimum atomic E-state index is -5.01. The molecule has 0 aliphatic carbocycles. The Bertz CT molecular complexity index is 2450. The molecular weight excluding hydrogens is 966 g/mol. The zero-order valence-electron chi connectivity index (χ0n) is 37.6. The Hall–Kier alpha value is -2.58. The van der Waals surface area contributed by atoms with E-state index in [4.69, 9.17) is 23.8 Å². The van der Waals surface area contributed by atoms with Crippen LogP contribution in [0.2, 0.25) is 0 Å². The van der Waals surface area contributed by atoms with Crippen molar-refractivity contribution in [2.45, 2.75) is 101 Å². The molecule has 3 atom stereocenters. The topological polar surface area (TPSA) is 330 Å². The van der Waals surface area contributed by atoms with Crippen LogP contribution in [0.4, 0.5) is 0 Å². The van der Waals surface area contributed by atoms with E-state index in [-0.39, 0.29) is 101 Å². The van der Waals surface area contributed by atoms with Gasteiger partial charge < -0.3 is 28.4 Å². The number of pyridine rings is 1. The number of ether oxygens (including phenoxy) is 2. The number of carbonyl (C=O) groups excluding carboxylic acids is 2. The molecule has 66 heavy (non-hydrogen) atoms. The molecule has 3 unspecified atom stereocenters. The van der Waals surface area contributed by atoms with Gasteiger partial charge in [-0.25, -0.2) is 21.8 Å². The van der Waals surface area contributed by atoms with Crippen LogP contribution in [0.1, 0.15) is 85.5 Å². The summed E-state index contributed by atoms with van der Waals surface area (Å²) < 4.78 is 119. The fourth-order valence-corrected chi connectivity index (χ4v) is 7.30.